The minimum Gasteiger partial charge on any atom is -0.478 e. The lowest BCUT2D eigenvalue weighted by molar-refractivity contribution is -0.114. The Labute approximate surface area is 143 Å². The van der Waals surface area contributed by atoms with Crippen molar-refractivity contribution in [2.75, 3.05) is 5.32 Å². The molecular formula is C19H15NO3S. The maximum absolute atomic E-state index is 11.5. The molecular weight excluding hydrogens is 322 g/mol. The van der Waals surface area contributed by atoms with Gasteiger partial charge in [-0.25, -0.2) is 4.79 Å². The number of carboxylic acid groups (broad SMARTS) is 1. The van der Waals surface area contributed by atoms with Gasteiger partial charge in [-0.2, -0.15) is 0 Å². The first-order valence-corrected chi connectivity index (χ1v) is 8.17. The number of fused-ring (bicyclic) bond motifs is 1. The van der Waals surface area contributed by atoms with Crippen molar-refractivity contribution >= 4 is 40.1 Å². The second-order valence-corrected chi connectivity index (χ2v) is 6.33. The third kappa shape index (κ3) is 3.26. The number of nitrogens with one attached hydrogen (secondary N) is 1. The van der Waals surface area contributed by atoms with E-state index >= 15 is 0 Å². The van der Waals surface area contributed by atoms with Crippen molar-refractivity contribution in [3.8, 4) is 0 Å². The molecule has 3 aromatic carbocycles. The van der Waals surface area contributed by atoms with E-state index in [0.29, 0.717) is 4.90 Å². The maximum Gasteiger partial charge on any atom is 0.336 e. The van der Waals surface area contributed by atoms with Crippen LogP contribution in [0.25, 0.3) is 10.8 Å². The van der Waals surface area contributed by atoms with E-state index in [2.05, 4.69) is 5.32 Å². The summed E-state index contributed by atoms with van der Waals surface area (Å²) < 4.78 is 0. The van der Waals surface area contributed by atoms with Crippen LogP contribution in [0.4, 0.5) is 5.69 Å². The third-order valence-corrected chi connectivity index (χ3v) is 4.65. The smallest absolute Gasteiger partial charge is 0.336 e. The molecule has 4 nitrogen and oxygen atoms in total. The minimum absolute atomic E-state index is 0.145. The Bertz CT molecular complexity index is 932. The summed E-state index contributed by atoms with van der Waals surface area (Å²) in [7, 11) is 0. The van der Waals surface area contributed by atoms with Crippen molar-refractivity contribution in [3.63, 3.8) is 0 Å². The van der Waals surface area contributed by atoms with E-state index in [1.54, 1.807) is 18.2 Å². The number of carboxylic acids is 1. The summed E-state index contributed by atoms with van der Waals surface area (Å²) >= 11 is 1.38. The van der Waals surface area contributed by atoms with Gasteiger partial charge < -0.3 is 10.4 Å². The highest BCUT2D eigenvalue weighted by Gasteiger charge is 2.13. The van der Waals surface area contributed by atoms with Gasteiger partial charge in [-0.3, -0.25) is 4.79 Å². The summed E-state index contributed by atoms with van der Waals surface area (Å²) in [4.78, 5) is 24.4. The highest BCUT2D eigenvalue weighted by atomic mass is 32.2. The van der Waals surface area contributed by atoms with Gasteiger partial charge in [-0.1, -0.05) is 48.2 Å². The molecule has 24 heavy (non-hydrogen) atoms. The van der Waals surface area contributed by atoms with E-state index in [1.807, 2.05) is 42.5 Å². The molecule has 0 fully saturated rings. The topological polar surface area (TPSA) is 66.4 Å². The van der Waals surface area contributed by atoms with Gasteiger partial charge in [0.1, 0.15) is 0 Å². The van der Waals surface area contributed by atoms with Crippen molar-refractivity contribution in [2.45, 2.75) is 16.7 Å². The molecule has 0 unspecified atom stereocenters. The molecule has 0 saturated heterocycles. The van der Waals surface area contributed by atoms with E-state index in [0.717, 1.165) is 21.4 Å². The number of rotatable bonds is 4. The van der Waals surface area contributed by atoms with Gasteiger partial charge in [-0.15, -0.1) is 0 Å². The van der Waals surface area contributed by atoms with Gasteiger partial charge in [0, 0.05) is 27.8 Å². The van der Waals surface area contributed by atoms with Crippen molar-refractivity contribution < 1.29 is 14.7 Å². The summed E-state index contributed by atoms with van der Waals surface area (Å²) in [6, 6.07) is 18.4. The molecule has 2 N–H and O–H groups in total. The van der Waals surface area contributed by atoms with E-state index in [4.69, 9.17) is 0 Å². The SMILES string of the molecule is CC(=O)Nc1cccc2cccc(Sc3ccccc3C(=O)O)c12. The van der Waals surface area contributed by atoms with E-state index in [-0.39, 0.29) is 11.5 Å². The van der Waals surface area contributed by atoms with Gasteiger partial charge in [0.05, 0.1) is 5.56 Å². The van der Waals surface area contributed by atoms with Gasteiger partial charge in [0.25, 0.3) is 0 Å². The molecule has 0 heterocycles. The molecule has 120 valence electrons. The Kier molecular flexibility index (Phi) is 4.53. The lowest BCUT2D eigenvalue weighted by atomic mass is 10.1. The fourth-order valence-electron chi connectivity index (χ4n) is 2.54. The van der Waals surface area contributed by atoms with Crippen LogP contribution in [0.5, 0.6) is 0 Å². The highest BCUT2D eigenvalue weighted by molar-refractivity contribution is 7.99. The molecule has 0 spiro atoms. The molecule has 0 aliphatic rings. The maximum atomic E-state index is 11.5. The molecule has 3 aromatic rings. The van der Waals surface area contributed by atoms with Crippen LogP contribution in [0.2, 0.25) is 0 Å². The summed E-state index contributed by atoms with van der Waals surface area (Å²) in [5, 5.41) is 14.1. The summed E-state index contributed by atoms with van der Waals surface area (Å²) in [5.74, 6) is -1.10. The Morgan fingerprint density at radius 2 is 1.58 bits per heavy atom. The zero-order valence-electron chi connectivity index (χ0n) is 12.9. The lowest BCUT2D eigenvalue weighted by Crippen LogP contribution is -2.06. The van der Waals surface area contributed by atoms with Gasteiger partial charge >= 0.3 is 5.97 Å². The normalized spacial score (nSPS) is 10.5. The Morgan fingerprint density at radius 1 is 0.917 bits per heavy atom. The Balaban J connectivity index is 2.14. The summed E-state index contributed by atoms with van der Waals surface area (Å²) in [6.45, 7) is 1.47. The number of amides is 1. The molecule has 0 atom stereocenters. The largest absolute Gasteiger partial charge is 0.478 e. The standard InChI is InChI=1S/C19H15NO3S/c1-12(21)20-15-9-4-6-13-7-5-11-17(18(13)15)24-16-10-3-2-8-14(16)19(22)23/h2-11H,1H3,(H,20,21)(H,22,23). The minimum atomic E-state index is -0.958. The fraction of sp³-hybridized carbons (Fsp3) is 0.0526. The number of aromatic carboxylic acids is 1. The molecule has 0 aromatic heterocycles. The number of carbonyl (C=O) groups excluding carboxylic acids is 1. The van der Waals surface area contributed by atoms with Crippen LogP contribution in [0.3, 0.4) is 0 Å². The van der Waals surface area contributed by atoms with E-state index in [9.17, 15) is 14.7 Å². The molecule has 1 amide bonds. The first kappa shape index (κ1) is 16.1. The summed E-state index contributed by atoms with van der Waals surface area (Å²) in [6.07, 6.45) is 0. The first-order chi connectivity index (χ1) is 11.6. The van der Waals surface area contributed by atoms with Crippen molar-refractivity contribution in [3.05, 3.63) is 66.2 Å². The number of carbonyl (C=O) groups is 2. The second kappa shape index (κ2) is 6.76. The average molecular weight is 337 g/mol. The van der Waals surface area contributed by atoms with Crippen LogP contribution < -0.4 is 5.32 Å². The molecule has 0 saturated carbocycles. The third-order valence-electron chi connectivity index (χ3n) is 3.51. The predicted octanol–water partition coefficient (Wildman–Crippen LogP) is 4.65. The second-order valence-electron chi connectivity index (χ2n) is 5.24. The Hall–Kier alpha value is -2.79. The van der Waals surface area contributed by atoms with Gasteiger partial charge in [-0.05, 0) is 29.7 Å². The number of anilines is 1. The van der Waals surface area contributed by atoms with E-state index < -0.39 is 5.97 Å². The molecule has 5 heteroatoms. The van der Waals surface area contributed by atoms with Crippen LogP contribution in [0.1, 0.15) is 17.3 Å². The molecule has 0 aliphatic carbocycles. The number of hydrogen-bond donors (Lipinski definition) is 2. The van der Waals surface area contributed by atoms with Crippen molar-refractivity contribution in [2.24, 2.45) is 0 Å². The van der Waals surface area contributed by atoms with Crippen LogP contribution >= 0.6 is 11.8 Å². The highest BCUT2D eigenvalue weighted by Crippen LogP contribution is 2.38. The number of hydrogen-bond acceptors (Lipinski definition) is 3. The van der Waals surface area contributed by atoms with E-state index in [1.165, 1.54) is 18.7 Å². The summed E-state index contributed by atoms with van der Waals surface area (Å²) in [5.41, 5.74) is 0.979. The van der Waals surface area contributed by atoms with Crippen LogP contribution in [-0.4, -0.2) is 17.0 Å². The predicted molar refractivity (Wildman–Crippen MR) is 95.8 cm³/mol. The Morgan fingerprint density at radius 3 is 2.29 bits per heavy atom. The molecule has 0 radical (unpaired) electrons. The molecule has 0 bridgehead atoms. The lowest BCUT2D eigenvalue weighted by Gasteiger charge is -2.12. The zero-order chi connectivity index (χ0) is 17.1. The monoisotopic (exact) mass is 337 g/mol. The first-order valence-electron chi connectivity index (χ1n) is 7.36. The van der Waals surface area contributed by atoms with Gasteiger partial charge in [0.15, 0.2) is 0 Å². The van der Waals surface area contributed by atoms with Crippen LogP contribution in [0, 0.1) is 0 Å². The quantitative estimate of drug-likeness (QED) is 0.727. The fourth-order valence-corrected chi connectivity index (χ4v) is 3.66. The van der Waals surface area contributed by atoms with Crippen LogP contribution in [0.15, 0.2) is 70.5 Å². The average Bonchev–Trinajstić information content (AvgIpc) is 2.55. The van der Waals surface area contributed by atoms with Crippen LogP contribution in [-0.2, 0) is 4.79 Å². The molecule has 0 aliphatic heterocycles. The number of benzene rings is 3. The van der Waals surface area contributed by atoms with Crippen molar-refractivity contribution in [1.82, 2.24) is 0 Å². The zero-order valence-corrected chi connectivity index (χ0v) is 13.8. The molecule has 3 rings (SSSR count). The van der Waals surface area contributed by atoms with Crippen molar-refractivity contribution in [1.29, 1.82) is 0 Å². The van der Waals surface area contributed by atoms with Gasteiger partial charge in [0.2, 0.25) is 5.91 Å².